The van der Waals surface area contributed by atoms with Crippen LogP contribution in [-0.2, 0) is 0 Å². The molecular weight excluding hydrogens is 356 g/mol. The molecule has 0 bridgehead atoms. The second-order valence-electron chi connectivity index (χ2n) is 6.38. The summed E-state index contributed by atoms with van der Waals surface area (Å²) in [5, 5.41) is 0. The van der Waals surface area contributed by atoms with Gasteiger partial charge in [-0.25, -0.2) is 4.98 Å². The van der Waals surface area contributed by atoms with E-state index in [1.165, 1.54) is 5.56 Å². The lowest BCUT2D eigenvalue weighted by Crippen LogP contribution is -1.98. The Hall–Kier alpha value is -2.92. The minimum absolute atomic E-state index is 0.553. The summed E-state index contributed by atoms with van der Waals surface area (Å²) in [5.41, 5.74) is 5.35. The van der Waals surface area contributed by atoms with E-state index in [1.807, 2.05) is 35.6 Å². The second kappa shape index (κ2) is 7.00. The van der Waals surface area contributed by atoms with E-state index in [9.17, 15) is 4.79 Å². The van der Waals surface area contributed by atoms with Gasteiger partial charge in [0.1, 0.15) is 17.1 Å². The molecule has 4 aromatic rings. The van der Waals surface area contributed by atoms with Crippen LogP contribution >= 0.6 is 11.3 Å². The summed E-state index contributed by atoms with van der Waals surface area (Å²) in [6.45, 7) is 6.64. The van der Waals surface area contributed by atoms with Gasteiger partial charge in [0.25, 0.3) is 0 Å². The fourth-order valence-corrected chi connectivity index (χ4v) is 4.33. The Labute approximate surface area is 162 Å². The summed E-state index contributed by atoms with van der Waals surface area (Å²) in [6, 6.07) is 16.1. The maximum atomic E-state index is 12.1. The maximum Gasteiger partial charge on any atom is 0.195 e. The summed E-state index contributed by atoms with van der Waals surface area (Å²) in [6.07, 6.45) is 0.891. The largest absolute Gasteiger partial charge is 0.493 e. The van der Waals surface area contributed by atoms with E-state index in [2.05, 4.69) is 38.1 Å². The van der Waals surface area contributed by atoms with Crippen molar-refractivity contribution < 1.29 is 9.53 Å². The first kappa shape index (κ1) is 17.5. The van der Waals surface area contributed by atoms with Crippen LogP contribution in [0.3, 0.4) is 0 Å². The zero-order chi connectivity index (χ0) is 19.0. The normalized spacial score (nSPS) is 11.1. The molecule has 0 saturated carbocycles. The molecule has 0 unspecified atom stereocenters. The van der Waals surface area contributed by atoms with E-state index in [-0.39, 0.29) is 0 Å². The number of para-hydroxylation sites is 1. The van der Waals surface area contributed by atoms with Crippen LogP contribution in [0, 0.1) is 13.8 Å². The molecule has 0 fully saturated rings. The molecule has 0 saturated heterocycles. The van der Waals surface area contributed by atoms with Crippen molar-refractivity contribution in [1.82, 2.24) is 9.38 Å². The zero-order valence-electron chi connectivity index (χ0n) is 15.5. The number of imidazole rings is 1. The molecule has 0 aliphatic rings. The van der Waals surface area contributed by atoms with Gasteiger partial charge < -0.3 is 4.74 Å². The molecule has 4 nitrogen and oxygen atoms in total. The van der Waals surface area contributed by atoms with E-state index in [0.717, 1.165) is 38.7 Å². The molecule has 136 valence electrons. The van der Waals surface area contributed by atoms with Crippen LogP contribution in [0.2, 0.25) is 0 Å². The van der Waals surface area contributed by atoms with Crippen molar-refractivity contribution in [2.75, 3.05) is 6.61 Å². The van der Waals surface area contributed by atoms with Crippen molar-refractivity contribution in [3.63, 3.8) is 0 Å². The summed E-state index contributed by atoms with van der Waals surface area (Å²) in [5.74, 6) is 0.738. The smallest absolute Gasteiger partial charge is 0.195 e. The highest BCUT2D eigenvalue weighted by Crippen LogP contribution is 2.38. The molecule has 0 radical (unpaired) electrons. The fourth-order valence-electron chi connectivity index (χ4n) is 3.33. The van der Waals surface area contributed by atoms with Gasteiger partial charge in [0, 0.05) is 10.4 Å². The number of aromatic nitrogens is 2. The molecule has 0 aliphatic carbocycles. The Morgan fingerprint density at radius 3 is 2.56 bits per heavy atom. The number of fused-ring (bicyclic) bond motifs is 1. The topological polar surface area (TPSA) is 43.6 Å². The predicted octanol–water partition coefficient (Wildman–Crippen LogP) is 5.56. The third-order valence-electron chi connectivity index (χ3n) is 4.56. The number of thiazole rings is 1. The number of carbonyl (C=O) groups excluding carboxylic acids is 1. The molecule has 4 rings (SSSR count). The minimum Gasteiger partial charge on any atom is -0.493 e. The Morgan fingerprint density at radius 2 is 1.85 bits per heavy atom. The number of hydrogen-bond donors (Lipinski definition) is 0. The SMILES string of the molecule is CCOc1ccccc1-c1nc2sc(C)c(-c3ccc(C)cc3)n2c1C=O. The molecule has 0 N–H and O–H groups in total. The monoisotopic (exact) mass is 376 g/mol. The van der Waals surface area contributed by atoms with Gasteiger partial charge in [-0.3, -0.25) is 9.20 Å². The van der Waals surface area contributed by atoms with Crippen LogP contribution < -0.4 is 4.74 Å². The average Bonchev–Trinajstić information content (AvgIpc) is 3.17. The van der Waals surface area contributed by atoms with Crippen LogP contribution in [-0.4, -0.2) is 22.3 Å². The van der Waals surface area contributed by atoms with Gasteiger partial charge in [0.05, 0.1) is 12.3 Å². The Kier molecular flexibility index (Phi) is 4.54. The Bertz CT molecular complexity index is 1120. The van der Waals surface area contributed by atoms with Gasteiger partial charge in [0.15, 0.2) is 11.2 Å². The number of ether oxygens (including phenoxy) is 1. The fraction of sp³-hybridized carbons (Fsp3) is 0.182. The van der Waals surface area contributed by atoms with Gasteiger partial charge in [-0.1, -0.05) is 42.0 Å². The van der Waals surface area contributed by atoms with E-state index in [0.29, 0.717) is 18.0 Å². The molecule has 2 aromatic heterocycles. The number of carbonyl (C=O) groups is 1. The standard InChI is InChI=1S/C22H20N2O2S/c1-4-26-19-8-6-5-7-17(19)20-18(13-25)24-21(15(3)27-22(24)23-20)16-11-9-14(2)10-12-16/h5-13H,4H2,1-3H3. The van der Waals surface area contributed by atoms with Gasteiger partial charge in [0.2, 0.25) is 0 Å². The van der Waals surface area contributed by atoms with Crippen molar-refractivity contribution in [3.05, 3.63) is 64.7 Å². The third kappa shape index (κ3) is 2.94. The van der Waals surface area contributed by atoms with Gasteiger partial charge >= 0.3 is 0 Å². The Morgan fingerprint density at radius 1 is 1.11 bits per heavy atom. The molecule has 0 atom stereocenters. The molecule has 2 heterocycles. The lowest BCUT2D eigenvalue weighted by Gasteiger charge is -2.09. The number of hydrogen-bond acceptors (Lipinski definition) is 4. The minimum atomic E-state index is 0.553. The second-order valence-corrected chi connectivity index (χ2v) is 7.57. The number of rotatable bonds is 5. The summed E-state index contributed by atoms with van der Waals surface area (Å²) in [7, 11) is 0. The molecule has 5 heteroatoms. The number of benzene rings is 2. The van der Waals surface area contributed by atoms with Crippen molar-refractivity contribution in [1.29, 1.82) is 0 Å². The number of nitrogens with zero attached hydrogens (tertiary/aromatic N) is 2. The van der Waals surface area contributed by atoms with Crippen LogP contribution in [0.5, 0.6) is 5.75 Å². The highest BCUT2D eigenvalue weighted by molar-refractivity contribution is 7.17. The maximum absolute atomic E-state index is 12.1. The van der Waals surface area contributed by atoms with E-state index in [4.69, 9.17) is 9.72 Å². The van der Waals surface area contributed by atoms with E-state index >= 15 is 0 Å². The van der Waals surface area contributed by atoms with Crippen molar-refractivity contribution in [3.8, 4) is 28.3 Å². The zero-order valence-corrected chi connectivity index (χ0v) is 16.3. The Balaban J connectivity index is 1.98. The van der Waals surface area contributed by atoms with Crippen LogP contribution in [0.25, 0.3) is 27.5 Å². The van der Waals surface area contributed by atoms with Crippen molar-refractivity contribution in [2.24, 2.45) is 0 Å². The predicted molar refractivity (Wildman–Crippen MR) is 110 cm³/mol. The van der Waals surface area contributed by atoms with Gasteiger partial charge in [-0.15, -0.1) is 11.3 Å². The van der Waals surface area contributed by atoms with Crippen molar-refractivity contribution >= 4 is 22.6 Å². The molecular formula is C22H20N2O2S. The lowest BCUT2D eigenvalue weighted by molar-refractivity contribution is 0.111. The molecule has 27 heavy (non-hydrogen) atoms. The van der Waals surface area contributed by atoms with Crippen molar-refractivity contribution in [2.45, 2.75) is 20.8 Å². The first-order valence-corrected chi connectivity index (χ1v) is 9.72. The van der Waals surface area contributed by atoms with E-state index < -0.39 is 0 Å². The van der Waals surface area contributed by atoms with E-state index in [1.54, 1.807) is 11.3 Å². The molecule has 0 amide bonds. The number of aldehydes is 1. The molecule has 2 aromatic carbocycles. The van der Waals surface area contributed by atoms with Gasteiger partial charge in [-0.05, 0) is 38.5 Å². The highest BCUT2D eigenvalue weighted by Gasteiger charge is 2.22. The van der Waals surface area contributed by atoms with Crippen LogP contribution in [0.15, 0.2) is 48.5 Å². The lowest BCUT2D eigenvalue weighted by atomic mass is 10.1. The summed E-state index contributed by atoms with van der Waals surface area (Å²) >= 11 is 1.59. The summed E-state index contributed by atoms with van der Waals surface area (Å²) in [4.78, 5) is 18.8. The first-order chi connectivity index (χ1) is 13.1. The first-order valence-electron chi connectivity index (χ1n) is 8.90. The van der Waals surface area contributed by atoms with Crippen LogP contribution in [0.1, 0.15) is 27.9 Å². The summed E-state index contributed by atoms with van der Waals surface area (Å²) < 4.78 is 7.72. The quantitative estimate of drug-likeness (QED) is 0.428. The third-order valence-corrected chi connectivity index (χ3v) is 5.52. The average molecular weight is 376 g/mol. The van der Waals surface area contributed by atoms with Gasteiger partial charge in [-0.2, -0.15) is 0 Å². The number of aryl methyl sites for hydroxylation is 2. The molecule has 0 aliphatic heterocycles. The highest BCUT2D eigenvalue weighted by atomic mass is 32.1. The van der Waals surface area contributed by atoms with Crippen LogP contribution in [0.4, 0.5) is 0 Å². The molecule has 0 spiro atoms.